The summed E-state index contributed by atoms with van der Waals surface area (Å²) >= 11 is 0. The number of nitrogens with zero attached hydrogens (tertiary/aromatic N) is 4. The summed E-state index contributed by atoms with van der Waals surface area (Å²) in [5, 5.41) is 6.60. The number of rotatable bonds is 7. The molecule has 0 bridgehead atoms. The first-order chi connectivity index (χ1) is 34.2. The standard InChI is InChI=1S/C63H38N4O2/c1-4-16-39(17-5-1)42-32-34-54-51(37-42)48-24-10-11-29-53(48)67(54)55-30-14-28-50-49-27-13-26-47(59(49)69-60(50)55)44-33-35-56-52(38-44)58-46(25-15-31-57(58)68-56)43-22-12-23-45(36-43)63-65-61(40-18-6-2-7-19-40)64-62(66-63)41-20-8-3-9-21-41/h1-38H. The minimum Gasteiger partial charge on any atom is -0.456 e. The molecule has 6 heteroatoms. The van der Waals surface area contributed by atoms with Crippen molar-refractivity contribution in [3.8, 4) is 73.2 Å². The molecular weight excluding hydrogens is 845 g/mol. The van der Waals surface area contributed by atoms with E-state index in [1.54, 1.807) is 0 Å². The van der Waals surface area contributed by atoms with Crippen molar-refractivity contribution < 1.29 is 8.83 Å². The summed E-state index contributed by atoms with van der Waals surface area (Å²) in [4.78, 5) is 15.0. The lowest BCUT2D eigenvalue weighted by Gasteiger charge is -2.10. The first-order valence-corrected chi connectivity index (χ1v) is 23.2. The molecule has 0 amide bonds. The quantitative estimate of drug-likeness (QED) is 0.159. The van der Waals surface area contributed by atoms with Gasteiger partial charge in [0.2, 0.25) is 0 Å². The summed E-state index contributed by atoms with van der Waals surface area (Å²) in [5.41, 5.74) is 15.9. The summed E-state index contributed by atoms with van der Waals surface area (Å²) in [7, 11) is 0. The molecule has 0 aliphatic heterocycles. The van der Waals surface area contributed by atoms with Crippen molar-refractivity contribution in [2.75, 3.05) is 0 Å². The van der Waals surface area contributed by atoms with Crippen LogP contribution in [-0.4, -0.2) is 19.5 Å². The zero-order valence-corrected chi connectivity index (χ0v) is 37.0. The van der Waals surface area contributed by atoms with Gasteiger partial charge in [-0.3, -0.25) is 0 Å². The largest absolute Gasteiger partial charge is 0.456 e. The molecule has 0 N–H and O–H groups in total. The van der Waals surface area contributed by atoms with E-state index in [9.17, 15) is 0 Å². The minimum absolute atomic E-state index is 0.605. The Bertz CT molecular complexity index is 4250. The van der Waals surface area contributed by atoms with E-state index >= 15 is 0 Å². The van der Waals surface area contributed by atoms with Crippen molar-refractivity contribution >= 4 is 65.7 Å². The van der Waals surface area contributed by atoms with Crippen molar-refractivity contribution in [1.29, 1.82) is 0 Å². The Kier molecular flexibility index (Phi) is 8.79. The normalized spacial score (nSPS) is 11.8. The summed E-state index contributed by atoms with van der Waals surface area (Å²) in [6.45, 7) is 0. The fourth-order valence-electron chi connectivity index (χ4n) is 10.2. The highest BCUT2D eigenvalue weighted by Crippen LogP contribution is 2.44. The van der Waals surface area contributed by atoms with Gasteiger partial charge in [-0.2, -0.15) is 0 Å². The van der Waals surface area contributed by atoms with Gasteiger partial charge < -0.3 is 13.4 Å². The maximum absolute atomic E-state index is 7.13. The number of benzene rings is 10. The maximum atomic E-state index is 7.13. The summed E-state index contributed by atoms with van der Waals surface area (Å²) < 4.78 is 16.1. The molecule has 10 aromatic carbocycles. The fourth-order valence-corrected chi connectivity index (χ4v) is 10.2. The van der Waals surface area contributed by atoms with E-state index in [4.69, 9.17) is 23.8 Å². The molecule has 0 fully saturated rings. The first kappa shape index (κ1) is 38.8. The smallest absolute Gasteiger partial charge is 0.164 e. The molecule has 322 valence electrons. The highest BCUT2D eigenvalue weighted by atomic mass is 16.3. The molecule has 0 aliphatic carbocycles. The number of hydrogen-bond acceptors (Lipinski definition) is 5. The molecule has 4 heterocycles. The number of furan rings is 2. The molecule has 0 spiro atoms. The lowest BCUT2D eigenvalue weighted by Crippen LogP contribution is -2.00. The predicted octanol–water partition coefficient (Wildman–Crippen LogP) is 16.8. The van der Waals surface area contributed by atoms with Crippen LogP contribution in [0, 0.1) is 0 Å². The minimum atomic E-state index is 0.605. The average molecular weight is 883 g/mol. The van der Waals surface area contributed by atoms with Gasteiger partial charge in [-0.05, 0) is 76.3 Å². The fraction of sp³-hybridized carbons (Fsp3) is 0. The molecule has 0 aliphatic rings. The zero-order chi connectivity index (χ0) is 45.4. The molecule has 6 nitrogen and oxygen atoms in total. The maximum Gasteiger partial charge on any atom is 0.164 e. The Morgan fingerprint density at radius 2 is 0.826 bits per heavy atom. The lowest BCUT2D eigenvalue weighted by molar-refractivity contribution is 0.667. The second-order valence-corrected chi connectivity index (χ2v) is 17.5. The van der Waals surface area contributed by atoms with Crippen LogP contribution in [0.2, 0.25) is 0 Å². The highest BCUT2D eigenvalue weighted by Gasteiger charge is 2.21. The predicted molar refractivity (Wildman–Crippen MR) is 281 cm³/mol. The van der Waals surface area contributed by atoms with Crippen LogP contribution >= 0.6 is 0 Å². The van der Waals surface area contributed by atoms with Gasteiger partial charge in [0.15, 0.2) is 23.1 Å². The Labute approximate surface area is 396 Å². The molecular formula is C63H38N4O2. The van der Waals surface area contributed by atoms with E-state index in [-0.39, 0.29) is 0 Å². The molecule has 4 aromatic heterocycles. The number of hydrogen-bond donors (Lipinski definition) is 0. The van der Waals surface area contributed by atoms with E-state index in [1.807, 2.05) is 66.7 Å². The third kappa shape index (κ3) is 6.38. The van der Waals surface area contributed by atoms with Gasteiger partial charge in [0.05, 0.1) is 16.7 Å². The Hall–Kier alpha value is -9.39. The number of fused-ring (bicyclic) bond motifs is 9. The number of para-hydroxylation sites is 3. The summed E-state index contributed by atoms with van der Waals surface area (Å²) in [5.74, 6) is 1.86. The van der Waals surface area contributed by atoms with Crippen LogP contribution in [0.15, 0.2) is 239 Å². The summed E-state index contributed by atoms with van der Waals surface area (Å²) in [6, 6.07) is 80.3. The highest BCUT2D eigenvalue weighted by molar-refractivity contribution is 6.17. The molecule has 0 saturated carbocycles. The second kappa shape index (κ2) is 15.6. The zero-order valence-electron chi connectivity index (χ0n) is 37.0. The third-order valence-electron chi connectivity index (χ3n) is 13.5. The average Bonchev–Trinajstić information content (AvgIpc) is 4.11. The van der Waals surface area contributed by atoms with Crippen molar-refractivity contribution in [3.05, 3.63) is 231 Å². The molecule has 0 radical (unpaired) electrons. The lowest BCUT2D eigenvalue weighted by atomic mass is 9.96. The van der Waals surface area contributed by atoms with E-state index in [0.29, 0.717) is 17.5 Å². The molecule has 14 aromatic rings. The Balaban J connectivity index is 0.898. The Morgan fingerprint density at radius 1 is 0.290 bits per heavy atom. The molecule has 14 rings (SSSR count). The van der Waals surface area contributed by atoms with Crippen molar-refractivity contribution in [2.45, 2.75) is 0 Å². The van der Waals surface area contributed by atoms with Crippen LogP contribution in [-0.2, 0) is 0 Å². The van der Waals surface area contributed by atoms with Crippen LogP contribution < -0.4 is 0 Å². The Morgan fingerprint density at radius 3 is 1.59 bits per heavy atom. The monoisotopic (exact) mass is 882 g/mol. The van der Waals surface area contributed by atoms with Crippen LogP contribution in [0.1, 0.15) is 0 Å². The molecule has 0 saturated heterocycles. The summed E-state index contributed by atoms with van der Waals surface area (Å²) in [6.07, 6.45) is 0. The van der Waals surface area contributed by atoms with Crippen molar-refractivity contribution in [1.82, 2.24) is 19.5 Å². The van der Waals surface area contributed by atoms with E-state index in [1.165, 1.54) is 21.9 Å². The SMILES string of the molecule is c1ccc(-c2ccc3c(c2)c2ccccc2n3-c2cccc3c2oc2c(-c4ccc5oc6cccc(-c7cccc(-c8nc(-c9ccccc9)nc(-c9ccccc9)n8)c7)c6c5c4)cccc23)cc1. The van der Waals surface area contributed by atoms with Gasteiger partial charge in [-0.25, -0.2) is 15.0 Å². The van der Waals surface area contributed by atoms with Crippen LogP contribution in [0.3, 0.4) is 0 Å². The van der Waals surface area contributed by atoms with Gasteiger partial charge >= 0.3 is 0 Å². The van der Waals surface area contributed by atoms with Gasteiger partial charge in [0, 0.05) is 54.6 Å². The van der Waals surface area contributed by atoms with E-state index < -0.39 is 0 Å². The van der Waals surface area contributed by atoms with Crippen molar-refractivity contribution in [3.63, 3.8) is 0 Å². The van der Waals surface area contributed by atoms with Gasteiger partial charge in [-0.1, -0.05) is 182 Å². The van der Waals surface area contributed by atoms with Gasteiger partial charge in [0.1, 0.15) is 16.7 Å². The second-order valence-electron chi connectivity index (χ2n) is 17.5. The van der Waals surface area contributed by atoms with E-state index in [2.05, 4.69) is 168 Å². The molecule has 0 atom stereocenters. The van der Waals surface area contributed by atoms with Crippen LogP contribution in [0.5, 0.6) is 0 Å². The van der Waals surface area contributed by atoms with Crippen molar-refractivity contribution in [2.24, 2.45) is 0 Å². The van der Waals surface area contributed by atoms with E-state index in [0.717, 1.165) is 99.5 Å². The van der Waals surface area contributed by atoms with Gasteiger partial charge in [-0.15, -0.1) is 0 Å². The van der Waals surface area contributed by atoms with Gasteiger partial charge in [0.25, 0.3) is 0 Å². The van der Waals surface area contributed by atoms with Crippen LogP contribution in [0.25, 0.3) is 139 Å². The molecule has 69 heavy (non-hydrogen) atoms. The molecule has 0 unspecified atom stereocenters. The first-order valence-electron chi connectivity index (χ1n) is 23.2. The topological polar surface area (TPSA) is 69.9 Å². The third-order valence-corrected chi connectivity index (χ3v) is 13.5. The van der Waals surface area contributed by atoms with Crippen LogP contribution in [0.4, 0.5) is 0 Å². The number of aromatic nitrogens is 4.